The van der Waals surface area contributed by atoms with E-state index in [1.807, 2.05) is 0 Å². The van der Waals surface area contributed by atoms with Crippen LogP contribution < -0.4 is 5.32 Å². The summed E-state index contributed by atoms with van der Waals surface area (Å²) in [6, 6.07) is 4.72. The lowest BCUT2D eigenvalue weighted by atomic mass is 10.1. The molecular formula is C14H16F3NO3S. The van der Waals surface area contributed by atoms with E-state index in [2.05, 4.69) is 5.32 Å². The summed E-state index contributed by atoms with van der Waals surface area (Å²) >= 11 is 0.976. The molecule has 4 nitrogen and oxygen atoms in total. The summed E-state index contributed by atoms with van der Waals surface area (Å²) in [4.78, 5) is 22.9. The van der Waals surface area contributed by atoms with Crippen molar-refractivity contribution in [3.8, 4) is 0 Å². The molecule has 0 spiro atoms. The number of carbonyl (C=O) groups excluding carboxylic acids is 2. The number of hydrogen-bond acceptors (Lipinski definition) is 4. The maximum atomic E-state index is 12.8. The second kappa shape index (κ2) is 8.07. The first kappa shape index (κ1) is 18.3. The van der Waals surface area contributed by atoms with Gasteiger partial charge in [-0.05, 0) is 26.0 Å². The topological polar surface area (TPSA) is 55.4 Å². The van der Waals surface area contributed by atoms with Crippen LogP contribution in [0.2, 0.25) is 0 Å². The quantitative estimate of drug-likeness (QED) is 0.810. The molecule has 0 aliphatic rings. The fourth-order valence-corrected chi connectivity index (χ4v) is 2.14. The number of halogens is 3. The Morgan fingerprint density at radius 2 is 1.86 bits per heavy atom. The molecule has 0 radical (unpaired) electrons. The molecule has 22 heavy (non-hydrogen) atoms. The molecule has 0 bridgehead atoms. The Hall–Kier alpha value is -1.70. The van der Waals surface area contributed by atoms with Crippen LogP contribution >= 0.6 is 11.8 Å². The normalized spacial score (nSPS) is 11.4. The Labute approximate surface area is 130 Å². The highest BCUT2D eigenvalue weighted by molar-refractivity contribution is 8.00. The second-order valence-corrected chi connectivity index (χ2v) is 5.61. The van der Waals surface area contributed by atoms with Gasteiger partial charge in [-0.25, -0.2) is 0 Å². The summed E-state index contributed by atoms with van der Waals surface area (Å²) in [5, 5.41) is 2.20. The van der Waals surface area contributed by atoms with Crippen LogP contribution in [0, 0.1) is 0 Å². The van der Waals surface area contributed by atoms with Gasteiger partial charge >= 0.3 is 12.1 Å². The maximum Gasteiger partial charge on any atom is 0.418 e. The van der Waals surface area contributed by atoms with Crippen LogP contribution in [0.3, 0.4) is 0 Å². The van der Waals surface area contributed by atoms with Crippen molar-refractivity contribution in [2.75, 3.05) is 16.8 Å². The summed E-state index contributed by atoms with van der Waals surface area (Å²) in [5.74, 6) is -1.26. The van der Waals surface area contributed by atoms with Gasteiger partial charge in [-0.3, -0.25) is 9.59 Å². The predicted octanol–water partition coefficient (Wildman–Crippen LogP) is 3.33. The number of alkyl halides is 3. The molecule has 0 aliphatic carbocycles. The zero-order valence-corrected chi connectivity index (χ0v) is 12.9. The molecular weight excluding hydrogens is 319 g/mol. The molecule has 1 rings (SSSR count). The number of hydrogen-bond donors (Lipinski definition) is 1. The third-order valence-electron chi connectivity index (χ3n) is 2.33. The van der Waals surface area contributed by atoms with E-state index in [9.17, 15) is 22.8 Å². The van der Waals surface area contributed by atoms with Gasteiger partial charge in [-0.15, -0.1) is 11.8 Å². The first-order chi connectivity index (χ1) is 10.2. The van der Waals surface area contributed by atoms with E-state index >= 15 is 0 Å². The Balaban J connectivity index is 2.51. The number of thioether (sulfide) groups is 1. The SMILES string of the molecule is CC(C)OC(=O)CSCC(=O)Nc1ccccc1C(F)(F)F. The van der Waals surface area contributed by atoms with Gasteiger partial charge in [-0.2, -0.15) is 13.2 Å². The van der Waals surface area contributed by atoms with Crippen LogP contribution in [0.5, 0.6) is 0 Å². The third-order valence-corrected chi connectivity index (χ3v) is 3.23. The number of esters is 1. The molecule has 0 saturated heterocycles. The molecule has 0 atom stereocenters. The van der Waals surface area contributed by atoms with Crippen molar-refractivity contribution in [2.24, 2.45) is 0 Å². The van der Waals surface area contributed by atoms with Crippen LogP contribution in [-0.4, -0.2) is 29.5 Å². The predicted molar refractivity (Wildman–Crippen MR) is 78.6 cm³/mol. The lowest BCUT2D eigenvalue weighted by Crippen LogP contribution is -2.19. The number of nitrogens with one attached hydrogen (secondary N) is 1. The van der Waals surface area contributed by atoms with Crippen molar-refractivity contribution in [1.29, 1.82) is 0 Å². The molecule has 1 N–H and O–H groups in total. The largest absolute Gasteiger partial charge is 0.462 e. The molecule has 122 valence electrons. The minimum Gasteiger partial charge on any atom is -0.462 e. The molecule has 0 aliphatic heterocycles. The number of anilines is 1. The van der Waals surface area contributed by atoms with Gasteiger partial charge < -0.3 is 10.1 Å². The molecule has 0 fully saturated rings. The highest BCUT2D eigenvalue weighted by atomic mass is 32.2. The van der Waals surface area contributed by atoms with Gasteiger partial charge in [0, 0.05) is 0 Å². The van der Waals surface area contributed by atoms with Gasteiger partial charge in [0.1, 0.15) is 0 Å². The fraction of sp³-hybridized carbons (Fsp3) is 0.429. The van der Waals surface area contributed by atoms with Gasteiger partial charge in [0.2, 0.25) is 5.91 Å². The zero-order valence-electron chi connectivity index (χ0n) is 12.1. The van der Waals surface area contributed by atoms with Crippen molar-refractivity contribution in [3.05, 3.63) is 29.8 Å². The van der Waals surface area contributed by atoms with E-state index in [0.717, 1.165) is 17.8 Å². The highest BCUT2D eigenvalue weighted by Gasteiger charge is 2.33. The molecule has 1 amide bonds. The number of carbonyl (C=O) groups is 2. The lowest BCUT2D eigenvalue weighted by Gasteiger charge is -2.13. The minimum atomic E-state index is -4.54. The molecule has 0 unspecified atom stereocenters. The first-order valence-corrected chi connectivity index (χ1v) is 7.59. The molecule has 1 aromatic rings. The van der Waals surface area contributed by atoms with Crippen molar-refractivity contribution in [1.82, 2.24) is 0 Å². The maximum absolute atomic E-state index is 12.8. The summed E-state index contributed by atoms with van der Waals surface area (Å²) < 4.78 is 43.2. The fourth-order valence-electron chi connectivity index (χ4n) is 1.55. The van der Waals surface area contributed by atoms with Gasteiger partial charge in [0.15, 0.2) is 0 Å². The molecule has 8 heteroatoms. The first-order valence-electron chi connectivity index (χ1n) is 6.43. The number of amides is 1. The van der Waals surface area contributed by atoms with E-state index in [4.69, 9.17) is 4.74 Å². The highest BCUT2D eigenvalue weighted by Crippen LogP contribution is 2.34. The third kappa shape index (κ3) is 6.38. The minimum absolute atomic E-state index is 0.0352. The van der Waals surface area contributed by atoms with Gasteiger partial charge in [0.25, 0.3) is 0 Å². The van der Waals surface area contributed by atoms with Crippen molar-refractivity contribution in [3.63, 3.8) is 0 Å². The molecule has 1 aromatic carbocycles. The van der Waals surface area contributed by atoms with Gasteiger partial charge in [0.05, 0.1) is 28.9 Å². The van der Waals surface area contributed by atoms with Crippen LogP contribution in [0.15, 0.2) is 24.3 Å². The molecule has 0 saturated carbocycles. The van der Waals surface area contributed by atoms with Crippen LogP contribution in [0.4, 0.5) is 18.9 Å². The summed E-state index contributed by atoms with van der Waals surface area (Å²) in [6.45, 7) is 3.40. The van der Waals surface area contributed by atoms with E-state index < -0.39 is 23.6 Å². The van der Waals surface area contributed by atoms with Crippen molar-refractivity contribution in [2.45, 2.75) is 26.1 Å². The second-order valence-electron chi connectivity index (χ2n) is 4.62. The van der Waals surface area contributed by atoms with E-state index in [0.29, 0.717) is 0 Å². The lowest BCUT2D eigenvalue weighted by molar-refractivity contribution is -0.144. The summed E-state index contributed by atoms with van der Waals surface area (Å²) in [7, 11) is 0. The summed E-state index contributed by atoms with van der Waals surface area (Å²) in [6.07, 6.45) is -4.79. The van der Waals surface area contributed by atoms with Crippen LogP contribution in [-0.2, 0) is 20.5 Å². The Kier molecular flexibility index (Phi) is 6.73. The Morgan fingerprint density at radius 3 is 2.45 bits per heavy atom. The number of benzene rings is 1. The van der Waals surface area contributed by atoms with E-state index in [1.165, 1.54) is 18.2 Å². The standard InChI is InChI=1S/C14H16F3NO3S/c1-9(2)21-13(20)8-22-7-12(19)18-11-6-4-3-5-10(11)14(15,16)17/h3-6,9H,7-8H2,1-2H3,(H,18,19). The Morgan fingerprint density at radius 1 is 1.23 bits per heavy atom. The van der Waals surface area contributed by atoms with Crippen LogP contribution in [0.25, 0.3) is 0 Å². The smallest absolute Gasteiger partial charge is 0.418 e. The average molecular weight is 335 g/mol. The zero-order chi connectivity index (χ0) is 16.8. The molecule has 0 aromatic heterocycles. The van der Waals surface area contributed by atoms with Gasteiger partial charge in [-0.1, -0.05) is 12.1 Å². The number of para-hydroxylation sites is 1. The molecule has 0 heterocycles. The summed E-state index contributed by atoms with van der Waals surface area (Å²) in [5.41, 5.74) is -1.21. The van der Waals surface area contributed by atoms with Crippen LogP contribution in [0.1, 0.15) is 19.4 Å². The van der Waals surface area contributed by atoms with Crippen molar-refractivity contribution < 1.29 is 27.5 Å². The number of ether oxygens (including phenoxy) is 1. The number of rotatable bonds is 6. The van der Waals surface area contributed by atoms with E-state index in [-0.39, 0.29) is 23.3 Å². The van der Waals surface area contributed by atoms with Crippen molar-refractivity contribution >= 4 is 29.3 Å². The van der Waals surface area contributed by atoms with E-state index in [1.54, 1.807) is 13.8 Å². The monoisotopic (exact) mass is 335 g/mol. The average Bonchev–Trinajstić information content (AvgIpc) is 2.37. The Bertz CT molecular complexity index is 532.